The molecule has 0 unspecified atom stereocenters. The first-order valence-electron chi connectivity index (χ1n) is 9.73. The topological polar surface area (TPSA) is 71.1 Å². The average molecular weight is 516 g/mol. The summed E-state index contributed by atoms with van der Waals surface area (Å²) >= 11 is 18.2. The van der Waals surface area contributed by atoms with Gasteiger partial charge in [0.25, 0.3) is 5.91 Å². The summed E-state index contributed by atoms with van der Waals surface area (Å²) in [4.78, 5) is 29.8. The molecule has 0 radical (unpaired) electrons. The number of anilines is 1. The van der Waals surface area contributed by atoms with Crippen molar-refractivity contribution in [3.63, 3.8) is 0 Å². The van der Waals surface area contributed by atoms with Crippen LogP contribution in [0, 0.1) is 6.92 Å². The molecule has 1 heterocycles. The number of thiazole rings is 1. The van der Waals surface area contributed by atoms with Gasteiger partial charge in [0.1, 0.15) is 0 Å². The van der Waals surface area contributed by atoms with Crippen LogP contribution in [-0.4, -0.2) is 21.8 Å². The highest BCUT2D eigenvalue weighted by molar-refractivity contribution is 7.80. The minimum atomic E-state index is -0.445. The minimum absolute atomic E-state index is 0.0519. The molecule has 0 fully saturated rings. The molecule has 0 aliphatic carbocycles. The number of ketones is 1. The molecule has 9 heteroatoms. The van der Waals surface area contributed by atoms with E-state index in [0.717, 1.165) is 22.5 Å². The van der Waals surface area contributed by atoms with Crippen LogP contribution in [0.15, 0.2) is 66.3 Å². The number of hydrogen-bond donors (Lipinski definition) is 2. The highest BCUT2D eigenvalue weighted by atomic mass is 35.5. The number of allylic oxidation sites excluding steroid dienone is 3. The Morgan fingerprint density at radius 3 is 2.48 bits per heavy atom. The van der Waals surface area contributed by atoms with Gasteiger partial charge in [-0.25, -0.2) is 4.98 Å². The molecule has 0 aliphatic rings. The summed E-state index contributed by atoms with van der Waals surface area (Å²) in [6.45, 7) is 3.67. The zero-order valence-electron chi connectivity index (χ0n) is 17.7. The lowest BCUT2D eigenvalue weighted by Crippen LogP contribution is -2.34. The Hall–Kier alpha value is -2.84. The van der Waals surface area contributed by atoms with Crippen molar-refractivity contribution in [3.8, 4) is 0 Å². The van der Waals surface area contributed by atoms with Gasteiger partial charge in [-0.2, -0.15) is 0 Å². The van der Waals surface area contributed by atoms with Gasteiger partial charge in [0, 0.05) is 5.56 Å². The van der Waals surface area contributed by atoms with E-state index >= 15 is 0 Å². The van der Waals surface area contributed by atoms with Crippen LogP contribution < -0.4 is 10.6 Å². The Kier molecular flexibility index (Phi) is 8.52. The summed E-state index contributed by atoms with van der Waals surface area (Å²) in [5, 5.41) is 6.47. The number of carbonyl (C=O) groups excluding carboxylic acids is 2. The van der Waals surface area contributed by atoms with Crippen LogP contribution in [0.1, 0.15) is 38.2 Å². The Bertz CT molecular complexity index is 1270. The summed E-state index contributed by atoms with van der Waals surface area (Å²) in [7, 11) is 0. The van der Waals surface area contributed by atoms with E-state index in [4.69, 9.17) is 35.4 Å². The third kappa shape index (κ3) is 7.07. The molecule has 0 aliphatic heterocycles. The number of aryl methyl sites for hydroxylation is 1. The minimum Gasteiger partial charge on any atom is -0.308 e. The summed E-state index contributed by atoms with van der Waals surface area (Å²) in [5.74, 6) is -0.608. The number of nitrogens with zero attached hydrogens (tertiary/aromatic N) is 1. The molecule has 0 bridgehead atoms. The van der Waals surface area contributed by atoms with Gasteiger partial charge in [-0.15, -0.1) is 0 Å². The van der Waals surface area contributed by atoms with Gasteiger partial charge in [-0.1, -0.05) is 82.6 Å². The fraction of sp³-hybridized carbons (Fsp3) is 0.0833. The lowest BCUT2D eigenvalue weighted by Gasteiger charge is -2.07. The molecular formula is C24H19Cl2N3O2S2. The first-order valence-corrected chi connectivity index (χ1v) is 11.7. The molecule has 3 rings (SSSR count). The molecule has 2 N–H and O–H groups in total. The van der Waals surface area contributed by atoms with E-state index in [9.17, 15) is 9.59 Å². The number of benzene rings is 2. The van der Waals surface area contributed by atoms with Crippen LogP contribution in [0.3, 0.4) is 0 Å². The summed E-state index contributed by atoms with van der Waals surface area (Å²) in [6, 6.07) is 14.4. The van der Waals surface area contributed by atoms with Crippen LogP contribution in [0.5, 0.6) is 0 Å². The van der Waals surface area contributed by atoms with Gasteiger partial charge in [0.05, 0.1) is 20.6 Å². The van der Waals surface area contributed by atoms with Crippen molar-refractivity contribution < 1.29 is 9.59 Å². The van der Waals surface area contributed by atoms with E-state index in [2.05, 4.69) is 15.6 Å². The third-order valence-corrected chi connectivity index (χ3v) is 6.37. The van der Waals surface area contributed by atoms with Gasteiger partial charge < -0.3 is 5.32 Å². The van der Waals surface area contributed by atoms with E-state index in [1.54, 1.807) is 13.0 Å². The summed E-state index contributed by atoms with van der Waals surface area (Å²) in [5.41, 5.74) is 2.88. The zero-order valence-corrected chi connectivity index (χ0v) is 20.8. The molecule has 0 atom stereocenters. The zero-order chi connectivity index (χ0) is 24.0. The Morgan fingerprint density at radius 2 is 1.79 bits per heavy atom. The smallest absolute Gasteiger partial charge is 0.257 e. The molecule has 33 heavy (non-hydrogen) atoms. The predicted octanol–water partition coefficient (Wildman–Crippen LogP) is 6.73. The number of halogens is 2. The van der Waals surface area contributed by atoms with E-state index in [-0.39, 0.29) is 15.9 Å². The van der Waals surface area contributed by atoms with E-state index in [0.29, 0.717) is 26.3 Å². The molecule has 2 aromatic carbocycles. The van der Waals surface area contributed by atoms with Crippen LogP contribution in [-0.2, 0) is 0 Å². The lowest BCUT2D eigenvalue weighted by atomic mass is 10.1. The number of nitrogens with one attached hydrogen (secondary N) is 2. The van der Waals surface area contributed by atoms with E-state index in [1.807, 2.05) is 43.3 Å². The van der Waals surface area contributed by atoms with Crippen LogP contribution in [0.4, 0.5) is 5.13 Å². The fourth-order valence-electron chi connectivity index (χ4n) is 2.76. The standard InChI is InChI=1S/C24H19Cl2N3O2S2/c1-14(12-16-6-4-3-5-7-16)8-11-20(30)21-15(2)27-24(33-21)29-23(32)28-22(31)17-9-10-18(25)19(26)13-17/h3-13H,1-2H3,(H2,27,28,29,31,32)/b11-8+,14-12+. The SMILES string of the molecule is CC(/C=C/C(=O)c1sc(NC(=S)NC(=O)c2ccc(Cl)c(Cl)c2)nc1C)=C\c1ccccc1. The average Bonchev–Trinajstić information content (AvgIpc) is 3.14. The molecule has 3 aromatic rings. The maximum absolute atomic E-state index is 12.6. The molecule has 168 valence electrons. The second-order valence-corrected chi connectivity index (χ2v) is 9.19. The second-order valence-electron chi connectivity index (χ2n) is 6.97. The molecule has 0 spiro atoms. The fourth-order valence-corrected chi connectivity index (χ4v) is 4.21. The number of aromatic nitrogens is 1. The Balaban J connectivity index is 1.62. The lowest BCUT2D eigenvalue weighted by molar-refractivity contribution is 0.0976. The van der Waals surface area contributed by atoms with Gasteiger partial charge in [-0.3, -0.25) is 14.9 Å². The second kappa shape index (κ2) is 11.3. The monoisotopic (exact) mass is 515 g/mol. The number of hydrogen-bond acceptors (Lipinski definition) is 5. The van der Waals surface area contributed by atoms with E-state index in [1.165, 1.54) is 24.3 Å². The molecule has 0 saturated heterocycles. The van der Waals surface area contributed by atoms with Gasteiger partial charge >= 0.3 is 0 Å². The highest BCUT2D eigenvalue weighted by Crippen LogP contribution is 2.24. The van der Waals surface area contributed by atoms with Crippen molar-refractivity contribution in [2.45, 2.75) is 13.8 Å². The van der Waals surface area contributed by atoms with Crippen molar-refractivity contribution in [2.75, 3.05) is 5.32 Å². The van der Waals surface area contributed by atoms with E-state index < -0.39 is 5.91 Å². The quantitative estimate of drug-likeness (QED) is 0.165. The van der Waals surface area contributed by atoms with Gasteiger partial charge in [0.15, 0.2) is 16.0 Å². The molecule has 1 aromatic heterocycles. The van der Waals surface area contributed by atoms with Crippen molar-refractivity contribution in [3.05, 3.63) is 98.0 Å². The van der Waals surface area contributed by atoms with Crippen molar-refractivity contribution in [2.24, 2.45) is 0 Å². The number of thiocarbonyl (C=S) groups is 1. The first-order chi connectivity index (χ1) is 15.7. The largest absolute Gasteiger partial charge is 0.308 e. The van der Waals surface area contributed by atoms with Crippen LogP contribution >= 0.6 is 46.8 Å². The van der Waals surface area contributed by atoms with Gasteiger partial charge in [0.2, 0.25) is 0 Å². The first kappa shape index (κ1) is 24.8. The third-order valence-electron chi connectivity index (χ3n) is 4.34. The number of carbonyl (C=O) groups is 2. The van der Waals surface area contributed by atoms with Crippen LogP contribution in [0.25, 0.3) is 6.08 Å². The van der Waals surface area contributed by atoms with Crippen LogP contribution in [0.2, 0.25) is 10.0 Å². The maximum atomic E-state index is 12.6. The Morgan fingerprint density at radius 1 is 1.06 bits per heavy atom. The predicted molar refractivity (Wildman–Crippen MR) is 141 cm³/mol. The summed E-state index contributed by atoms with van der Waals surface area (Å²) in [6.07, 6.45) is 5.28. The number of rotatable bonds is 6. The maximum Gasteiger partial charge on any atom is 0.257 e. The number of amides is 1. The summed E-state index contributed by atoms with van der Waals surface area (Å²) < 4.78 is 0. The van der Waals surface area contributed by atoms with Crippen molar-refractivity contribution >= 4 is 74.8 Å². The molecule has 5 nitrogen and oxygen atoms in total. The van der Waals surface area contributed by atoms with Crippen molar-refractivity contribution in [1.29, 1.82) is 0 Å². The molecule has 0 saturated carbocycles. The molecule has 1 amide bonds. The molecular weight excluding hydrogens is 497 g/mol. The highest BCUT2D eigenvalue weighted by Gasteiger charge is 2.15. The van der Waals surface area contributed by atoms with Crippen molar-refractivity contribution in [1.82, 2.24) is 10.3 Å². The Labute approximate surface area is 211 Å². The normalized spacial score (nSPS) is 11.5. The van der Waals surface area contributed by atoms with Gasteiger partial charge in [-0.05, 0) is 55.9 Å².